The highest BCUT2D eigenvalue weighted by molar-refractivity contribution is 6.33. The van der Waals surface area contributed by atoms with Gasteiger partial charge in [-0.3, -0.25) is 9.89 Å². The van der Waals surface area contributed by atoms with Crippen molar-refractivity contribution in [2.45, 2.75) is 77.0 Å². The Morgan fingerprint density at radius 3 is 2.57 bits per heavy atom. The smallest absolute Gasteiger partial charge is 0.109 e. The number of piperidine rings is 1. The minimum atomic E-state index is -0.282. The molecule has 44 heavy (non-hydrogen) atoms. The second kappa shape index (κ2) is 13.9. The third-order valence-corrected chi connectivity index (χ3v) is 8.89. The van der Waals surface area contributed by atoms with Crippen LogP contribution in [0.4, 0.5) is 11.4 Å². The summed E-state index contributed by atoms with van der Waals surface area (Å²) >= 11 is 6.83. The topological polar surface area (TPSA) is 103 Å². The molecule has 2 atom stereocenters. The van der Waals surface area contributed by atoms with Gasteiger partial charge in [-0.1, -0.05) is 47.1 Å². The summed E-state index contributed by atoms with van der Waals surface area (Å²) in [5, 5.41) is 26.8. The predicted molar refractivity (Wildman–Crippen MR) is 177 cm³/mol. The first-order valence-electron chi connectivity index (χ1n) is 15.4. The van der Waals surface area contributed by atoms with Gasteiger partial charge in [0.15, 0.2) is 0 Å². The molecule has 0 radical (unpaired) electrons. The van der Waals surface area contributed by atoms with Crippen LogP contribution in [-0.4, -0.2) is 64.5 Å². The molecule has 2 saturated heterocycles. The van der Waals surface area contributed by atoms with Crippen molar-refractivity contribution in [1.29, 1.82) is 5.26 Å². The SMILES string of the molecule is C=Nc1c(Cl)cc(N[C@@H](c2ccccc2)c2cn(C3CCN(C(C)(C)C)CC3)nn2)cc1/C(N[C@@H]1CCCOC1)=C(\C)C#N. The molecule has 0 saturated carbocycles. The molecule has 1 aromatic heterocycles. The summed E-state index contributed by atoms with van der Waals surface area (Å²) in [7, 11) is 0. The number of aromatic nitrogens is 3. The fourth-order valence-corrected chi connectivity index (χ4v) is 6.36. The number of nitrogens with one attached hydrogen (secondary N) is 2. The van der Waals surface area contributed by atoms with Crippen molar-refractivity contribution in [2.24, 2.45) is 4.99 Å². The van der Waals surface area contributed by atoms with Gasteiger partial charge in [0, 0.05) is 42.5 Å². The number of likely N-dealkylation sites (tertiary alicyclic amines) is 1. The minimum Gasteiger partial charge on any atom is -0.379 e. The van der Waals surface area contributed by atoms with Crippen LogP contribution >= 0.6 is 11.6 Å². The van der Waals surface area contributed by atoms with E-state index in [1.54, 1.807) is 6.92 Å². The van der Waals surface area contributed by atoms with Crippen LogP contribution in [0.15, 0.2) is 59.2 Å². The van der Waals surface area contributed by atoms with Crippen LogP contribution in [0, 0.1) is 11.3 Å². The van der Waals surface area contributed by atoms with E-state index in [-0.39, 0.29) is 17.6 Å². The first kappa shape index (κ1) is 31.7. The van der Waals surface area contributed by atoms with Crippen molar-refractivity contribution in [3.8, 4) is 6.07 Å². The highest BCUT2D eigenvalue weighted by Crippen LogP contribution is 2.39. The quantitative estimate of drug-likeness (QED) is 0.199. The number of ether oxygens (including phenoxy) is 1. The molecule has 3 heterocycles. The van der Waals surface area contributed by atoms with E-state index < -0.39 is 0 Å². The monoisotopic (exact) mass is 614 g/mol. The Kier molecular flexibility index (Phi) is 10.0. The fraction of sp³-hybridized carbons (Fsp3) is 0.471. The molecule has 9 nitrogen and oxygen atoms in total. The zero-order valence-corrected chi connectivity index (χ0v) is 26.9. The lowest BCUT2D eigenvalue weighted by Crippen LogP contribution is -2.46. The summed E-state index contributed by atoms with van der Waals surface area (Å²) in [5.74, 6) is 0. The summed E-state index contributed by atoms with van der Waals surface area (Å²) in [6.07, 6.45) is 6.04. The van der Waals surface area contributed by atoms with Crippen LogP contribution in [0.3, 0.4) is 0 Å². The molecule has 2 aromatic carbocycles. The lowest BCUT2D eigenvalue weighted by Gasteiger charge is -2.40. The van der Waals surface area contributed by atoms with Gasteiger partial charge in [0.2, 0.25) is 0 Å². The molecule has 0 bridgehead atoms. The van der Waals surface area contributed by atoms with Gasteiger partial charge in [-0.25, -0.2) is 4.68 Å². The maximum Gasteiger partial charge on any atom is 0.109 e. The molecule has 2 fully saturated rings. The summed E-state index contributed by atoms with van der Waals surface area (Å²) < 4.78 is 7.72. The molecular formula is C34H43ClN8O. The Morgan fingerprint density at radius 1 is 1.18 bits per heavy atom. The number of rotatable bonds is 9. The molecule has 232 valence electrons. The molecular weight excluding hydrogens is 572 g/mol. The zero-order valence-electron chi connectivity index (χ0n) is 26.2. The van der Waals surface area contributed by atoms with Gasteiger partial charge >= 0.3 is 0 Å². The van der Waals surface area contributed by atoms with Gasteiger partial charge in [-0.2, -0.15) is 5.26 Å². The Morgan fingerprint density at radius 2 is 1.93 bits per heavy atom. The van der Waals surface area contributed by atoms with Gasteiger partial charge < -0.3 is 15.4 Å². The normalized spacial score (nSPS) is 19.5. The molecule has 2 aliphatic rings. The van der Waals surface area contributed by atoms with Gasteiger partial charge in [0.25, 0.3) is 0 Å². The summed E-state index contributed by atoms with van der Waals surface area (Å²) in [6.45, 7) is 15.8. The van der Waals surface area contributed by atoms with E-state index >= 15 is 0 Å². The Bertz CT molecular complexity index is 1510. The highest BCUT2D eigenvalue weighted by Gasteiger charge is 2.29. The van der Waals surface area contributed by atoms with Crippen LogP contribution in [0.5, 0.6) is 0 Å². The Labute approximate surface area is 266 Å². The number of nitriles is 1. The predicted octanol–water partition coefficient (Wildman–Crippen LogP) is 6.92. The molecule has 0 aliphatic carbocycles. The van der Waals surface area contributed by atoms with Gasteiger partial charge in [0.1, 0.15) is 5.69 Å². The van der Waals surface area contributed by atoms with Crippen molar-refractivity contribution in [1.82, 2.24) is 25.2 Å². The number of hydrogen-bond donors (Lipinski definition) is 2. The third kappa shape index (κ3) is 7.32. The third-order valence-electron chi connectivity index (χ3n) is 8.60. The van der Waals surface area contributed by atoms with Crippen molar-refractivity contribution in [3.05, 3.63) is 76.1 Å². The second-order valence-corrected chi connectivity index (χ2v) is 13.1. The first-order chi connectivity index (χ1) is 21.2. The number of hydrogen-bond acceptors (Lipinski definition) is 8. The Balaban J connectivity index is 1.47. The number of nitrogens with zero attached hydrogens (tertiary/aromatic N) is 6. The maximum absolute atomic E-state index is 9.91. The van der Waals surface area contributed by atoms with Crippen LogP contribution < -0.4 is 10.6 Å². The van der Waals surface area contributed by atoms with Crippen molar-refractivity contribution in [3.63, 3.8) is 0 Å². The van der Waals surface area contributed by atoms with E-state index in [4.69, 9.17) is 16.3 Å². The number of allylic oxidation sites excluding steroid dienone is 1. The van der Waals surface area contributed by atoms with Gasteiger partial charge in [0.05, 0.1) is 52.9 Å². The minimum absolute atomic E-state index is 0.0810. The molecule has 2 aliphatic heterocycles. The summed E-state index contributed by atoms with van der Waals surface area (Å²) in [4.78, 5) is 6.79. The van der Waals surface area contributed by atoms with Gasteiger partial charge in [-0.15, -0.1) is 5.10 Å². The average Bonchev–Trinajstić information content (AvgIpc) is 3.52. The van der Waals surface area contributed by atoms with Crippen molar-refractivity contribution < 1.29 is 4.74 Å². The lowest BCUT2D eigenvalue weighted by molar-refractivity contribution is 0.0756. The lowest BCUT2D eigenvalue weighted by atomic mass is 9.98. The molecule has 5 rings (SSSR count). The van der Waals surface area contributed by atoms with E-state index in [0.717, 1.165) is 62.3 Å². The molecule has 3 aromatic rings. The van der Waals surface area contributed by atoms with E-state index in [1.807, 2.05) is 35.0 Å². The fourth-order valence-electron chi connectivity index (χ4n) is 6.08. The number of aliphatic imine (C=N–C) groups is 1. The number of anilines is 1. The number of halogens is 1. The van der Waals surface area contributed by atoms with Crippen molar-refractivity contribution >= 4 is 35.4 Å². The Hall–Kier alpha value is -3.71. The average molecular weight is 615 g/mol. The molecule has 10 heteroatoms. The largest absolute Gasteiger partial charge is 0.379 e. The molecule has 2 N–H and O–H groups in total. The van der Waals surface area contributed by atoms with Crippen LogP contribution in [0.2, 0.25) is 5.02 Å². The summed E-state index contributed by atoms with van der Waals surface area (Å²) in [6, 6.07) is 16.4. The second-order valence-electron chi connectivity index (χ2n) is 12.7. The van der Waals surface area contributed by atoms with Crippen LogP contribution in [0.1, 0.15) is 82.3 Å². The van der Waals surface area contributed by atoms with E-state index in [9.17, 15) is 5.26 Å². The van der Waals surface area contributed by atoms with Crippen LogP contribution in [0.25, 0.3) is 5.70 Å². The van der Waals surface area contributed by atoms with E-state index in [1.165, 1.54) is 0 Å². The van der Waals surface area contributed by atoms with E-state index in [0.29, 0.717) is 40.2 Å². The van der Waals surface area contributed by atoms with Crippen molar-refractivity contribution in [2.75, 3.05) is 31.6 Å². The number of benzene rings is 2. The summed E-state index contributed by atoms with van der Waals surface area (Å²) in [5.41, 5.74) is 5.25. The maximum atomic E-state index is 9.91. The molecule has 0 amide bonds. The first-order valence-corrected chi connectivity index (χ1v) is 15.8. The zero-order chi connectivity index (χ0) is 31.3. The molecule has 0 spiro atoms. The highest BCUT2D eigenvalue weighted by atomic mass is 35.5. The standard InChI is InChI=1S/C34H43ClN8O/c1-23(20-36)31(38-25-12-9-17-44-22-25)28-18-26(19-29(35)33(28)37-5)39-32(24-10-7-6-8-11-24)30-21-43(41-40-30)27-13-15-42(16-14-27)34(2,3)4/h6-8,10-11,18-19,21,25,27,32,38-39H,5,9,12-17,22H2,1-4H3/b31-23-/t25-,32+/m1/s1. The van der Waals surface area contributed by atoms with Crippen LogP contribution in [-0.2, 0) is 4.74 Å². The molecule has 0 unspecified atom stereocenters. The van der Waals surface area contributed by atoms with Gasteiger partial charge in [-0.05, 0) is 77.8 Å². The van der Waals surface area contributed by atoms with E-state index in [2.05, 4.69) is 82.7 Å².